The minimum atomic E-state index is -0.819. The molecular formula is C10H16N4O3. The normalized spacial score (nSPS) is 16.2. The highest BCUT2D eigenvalue weighted by molar-refractivity contribution is 5.66. The Morgan fingerprint density at radius 1 is 1.41 bits per heavy atom. The molecule has 0 spiro atoms. The van der Waals surface area contributed by atoms with Crippen LogP contribution in [0.2, 0.25) is 0 Å². The van der Waals surface area contributed by atoms with Gasteiger partial charge < -0.3 is 19.3 Å². The summed E-state index contributed by atoms with van der Waals surface area (Å²) in [6, 6.07) is 0. The van der Waals surface area contributed by atoms with Crippen molar-refractivity contribution in [3.05, 3.63) is 5.82 Å². The summed E-state index contributed by atoms with van der Waals surface area (Å²) in [6.45, 7) is 2.98. The zero-order valence-corrected chi connectivity index (χ0v) is 9.80. The summed E-state index contributed by atoms with van der Waals surface area (Å²) >= 11 is 0. The highest BCUT2D eigenvalue weighted by Gasteiger charge is 2.18. The quantitative estimate of drug-likeness (QED) is 0.776. The Kier molecular flexibility index (Phi) is 3.58. The Labute approximate surface area is 99.0 Å². The zero-order chi connectivity index (χ0) is 12.3. The fourth-order valence-electron chi connectivity index (χ4n) is 1.83. The molecule has 0 amide bonds. The lowest BCUT2D eigenvalue weighted by Gasteiger charge is -2.27. The van der Waals surface area contributed by atoms with Gasteiger partial charge in [-0.15, -0.1) is 10.2 Å². The van der Waals surface area contributed by atoms with Gasteiger partial charge in [0.15, 0.2) is 0 Å². The number of hydrogen-bond donors (Lipinski definition) is 1. The number of aromatic nitrogens is 3. The maximum atomic E-state index is 10.5. The van der Waals surface area contributed by atoms with E-state index in [-0.39, 0.29) is 6.42 Å². The summed E-state index contributed by atoms with van der Waals surface area (Å²) in [5.41, 5.74) is 0. The van der Waals surface area contributed by atoms with E-state index in [9.17, 15) is 4.79 Å². The third-order valence-electron chi connectivity index (χ3n) is 2.80. The van der Waals surface area contributed by atoms with Crippen molar-refractivity contribution in [1.29, 1.82) is 0 Å². The largest absolute Gasteiger partial charge is 0.481 e. The standard InChI is InChI=1S/C10H16N4O3/c1-13-8(2-3-9(15)16)11-12-10(13)14-4-6-17-7-5-14/h2-7H2,1H3,(H,15,16). The van der Waals surface area contributed by atoms with Crippen LogP contribution in [-0.2, 0) is 23.0 Å². The topological polar surface area (TPSA) is 80.5 Å². The second-order valence-electron chi connectivity index (χ2n) is 3.97. The molecule has 0 unspecified atom stereocenters. The predicted octanol–water partition coefficient (Wildman–Crippen LogP) is -0.331. The first-order valence-corrected chi connectivity index (χ1v) is 5.61. The summed E-state index contributed by atoms with van der Waals surface area (Å²) in [4.78, 5) is 12.6. The van der Waals surface area contributed by atoms with Crippen LogP contribution in [0.5, 0.6) is 0 Å². The lowest BCUT2D eigenvalue weighted by atomic mass is 10.3. The molecule has 17 heavy (non-hydrogen) atoms. The number of carboxylic acids is 1. The van der Waals surface area contributed by atoms with E-state index in [0.29, 0.717) is 25.5 Å². The lowest BCUT2D eigenvalue weighted by Crippen LogP contribution is -2.37. The van der Waals surface area contributed by atoms with Crippen LogP contribution in [0.1, 0.15) is 12.2 Å². The Morgan fingerprint density at radius 2 is 2.12 bits per heavy atom. The molecule has 1 N–H and O–H groups in total. The van der Waals surface area contributed by atoms with Gasteiger partial charge in [0.05, 0.1) is 19.6 Å². The van der Waals surface area contributed by atoms with Gasteiger partial charge in [0, 0.05) is 26.6 Å². The number of aliphatic carboxylic acids is 1. The Hall–Kier alpha value is -1.63. The maximum Gasteiger partial charge on any atom is 0.303 e. The van der Waals surface area contributed by atoms with Crippen LogP contribution in [0.4, 0.5) is 5.95 Å². The number of hydrogen-bond acceptors (Lipinski definition) is 5. The highest BCUT2D eigenvalue weighted by Crippen LogP contribution is 2.14. The van der Waals surface area contributed by atoms with Crippen molar-refractivity contribution in [2.45, 2.75) is 12.8 Å². The molecule has 0 atom stereocenters. The first-order chi connectivity index (χ1) is 8.18. The first-order valence-electron chi connectivity index (χ1n) is 5.61. The average Bonchev–Trinajstić information content (AvgIpc) is 2.69. The summed E-state index contributed by atoms with van der Waals surface area (Å²) in [5.74, 6) is 0.670. The molecule has 7 nitrogen and oxygen atoms in total. The number of carbonyl (C=O) groups is 1. The molecule has 0 radical (unpaired) electrons. The monoisotopic (exact) mass is 240 g/mol. The zero-order valence-electron chi connectivity index (χ0n) is 9.80. The number of morpholine rings is 1. The van der Waals surface area contributed by atoms with Gasteiger partial charge in [-0.1, -0.05) is 0 Å². The molecule has 1 aliphatic rings. The number of anilines is 1. The van der Waals surface area contributed by atoms with E-state index in [1.54, 1.807) is 0 Å². The second-order valence-corrected chi connectivity index (χ2v) is 3.97. The molecule has 0 aromatic carbocycles. The molecule has 94 valence electrons. The van der Waals surface area contributed by atoms with E-state index >= 15 is 0 Å². The average molecular weight is 240 g/mol. The number of carboxylic acid groups (broad SMARTS) is 1. The minimum Gasteiger partial charge on any atom is -0.481 e. The van der Waals surface area contributed by atoms with Gasteiger partial charge in [-0.25, -0.2) is 0 Å². The minimum absolute atomic E-state index is 0.0785. The SMILES string of the molecule is Cn1c(CCC(=O)O)nnc1N1CCOCC1. The van der Waals surface area contributed by atoms with Crippen molar-refractivity contribution in [2.24, 2.45) is 7.05 Å². The van der Waals surface area contributed by atoms with Gasteiger partial charge in [0.1, 0.15) is 5.82 Å². The van der Waals surface area contributed by atoms with Crippen LogP contribution in [-0.4, -0.2) is 52.1 Å². The van der Waals surface area contributed by atoms with E-state index in [1.165, 1.54) is 0 Å². The van der Waals surface area contributed by atoms with Crippen LogP contribution in [0.3, 0.4) is 0 Å². The number of aryl methyl sites for hydroxylation is 1. The van der Waals surface area contributed by atoms with Crippen molar-refractivity contribution in [3.63, 3.8) is 0 Å². The first kappa shape index (κ1) is 11.8. The molecule has 2 rings (SSSR count). The molecule has 1 aromatic rings. The van der Waals surface area contributed by atoms with Crippen molar-refractivity contribution in [2.75, 3.05) is 31.2 Å². The van der Waals surface area contributed by atoms with Crippen molar-refractivity contribution < 1.29 is 14.6 Å². The summed E-state index contributed by atoms with van der Waals surface area (Å²) in [6.07, 6.45) is 0.484. The Bertz CT molecular complexity index is 398. The van der Waals surface area contributed by atoms with E-state index < -0.39 is 5.97 Å². The summed E-state index contributed by atoms with van der Waals surface area (Å²) < 4.78 is 7.13. The third kappa shape index (κ3) is 2.73. The van der Waals surface area contributed by atoms with E-state index in [4.69, 9.17) is 9.84 Å². The molecule has 0 saturated carbocycles. The van der Waals surface area contributed by atoms with Gasteiger partial charge >= 0.3 is 5.97 Å². The molecule has 1 fully saturated rings. The Morgan fingerprint density at radius 3 is 2.76 bits per heavy atom. The fourth-order valence-corrected chi connectivity index (χ4v) is 1.83. The third-order valence-corrected chi connectivity index (χ3v) is 2.80. The summed E-state index contributed by atoms with van der Waals surface area (Å²) in [7, 11) is 1.86. The van der Waals surface area contributed by atoms with Crippen molar-refractivity contribution in [3.8, 4) is 0 Å². The molecular weight excluding hydrogens is 224 g/mol. The van der Waals surface area contributed by atoms with Crippen LogP contribution in [0.25, 0.3) is 0 Å². The van der Waals surface area contributed by atoms with Crippen LogP contribution < -0.4 is 4.90 Å². The highest BCUT2D eigenvalue weighted by atomic mass is 16.5. The van der Waals surface area contributed by atoms with Crippen LogP contribution in [0.15, 0.2) is 0 Å². The Balaban J connectivity index is 2.05. The smallest absolute Gasteiger partial charge is 0.303 e. The predicted molar refractivity (Wildman–Crippen MR) is 60.0 cm³/mol. The molecule has 0 bridgehead atoms. The maximum absolute atomic E-state index is 10.5. The summed E-state index contributed by atoms with van der Waals surface area (Å²) in [5, 5.41) is 16.8. The van der Waals surface area contributed by atoms with E-state index in [0.717, 1.165) is 19.0 Å². The second kappa shape index (κ2) is 5.13. The number of rotatable bonds is 4. The molecule has 0 aliphatic carbocycles. The van der Waals surface area contributed by atoms with Gasteiger partial charge in [-0.2, -0.15) is 0 Å². The molecule has 1 aromatic heterocycles. The lowest BCUT2D eigenvalue weighted by molar-refractivity contribution is -0.137. The fraction of sp³-hybridized carbons (Fsp3) is 0.700. The van der Waals surface area contributed by atoms with E-state index in [2.05, 4.69) is 15.1 Å². The number of ether oxygens (including phenoxy) is 1. The molecule has 2 heterocycles. The van der Waals surface area contributed by atoms with Crippen LogP contribution in [0, 0.1) is 0 Å². The van der Waals surface area contributed by atoms with Gasteiger partial charge in [-0.3, -0.25) is 4.79 Å². The van der Waals surface area contributed by atoms with E-state index in [1.807, 2.05) is 11.6 Å². The molecule has 7 heteroatoms. The molecule has 1 aliphatic heterocycles. The van der Waals surface area contributed by atoms with Crippen molar-refractivity contribution in [1.82, 2.24) is 14.8 Å². The van der Waals surface area contributed by atoms with Gasteiger partial charge in [0.25, 0.3) is 0 Å². The van der Waals surface area contributed by atoms with Crippen LogP contribution >= 0.6 is 0 Å². The number of nitrogens with zero attached hydrogens (tertiary/aromatic N) is 4. The van der Waals surface area contributed by atoms with Gasteiger partial charge in [0.2, 0.25) is 5.95 Å². The molecule has 1 saturated heterocycles. The van der Waals surface area contributed by atoms with Gasteiger partial charge in [-0.05, 0) is 0 Å². The van der Waals surface area contributed by atoms with Crippen molar-refractivity contribution >= 4 is 11.9 Å².